The third-order valence-corrected chi connectivity index (χ3v) is 3.01. The van der Waals surface area contributed by atoms with Crippen molar-refractivity contribution in [1.29, 1.82) is 0 Å². The van der Waals surface area contributed by atoms with Crippen LogP contribution in [0.25, 0.3) is 0 Å². The summed E-state index contributed by atoms with van der Waals surface area (Å²) in [5.41, 5.74) is 0.454. The summed E-state index contributed by atoms with van der Waals surface area (Å²) in [4.78, 5) is 18.1. The summed E-state index contributed by atoms with van der Waals surface area (Å²) in [7, 11) is 0. The zero-order chi connectivity index (χ0) is 12.4. The van der Waals surface area contributed by atoms with Crippen LogP contribution in [-0.2, 0) is 0 Å². The van der Waals surface area contributed by atoms with Gasteiger partial charge in [-0.15, -0.1) is 0 Å². The minimum absolute atomic E-state index is 0.0260. The van der Waals surface area contributed by atoms with E-state index in [1.54, 1.807) is 12.1 Å². The molecule has 2 heterocycles. The number of hydrogen-bond donors (Lipinski definition) is 1. The molecule has 4 nitrogen and oxygen atoms in total. The van der Waals surface area contributed by atoms with Crippen LogP contribution in [0.3, 0.4) is 0 Å². The van der Waals surface area contributed by atoms with Crippen molar-refractivity contribution in [3.05, 3.63) is 29.0 Å². The van der Waals surface area contributed by atoms with Crippen LogP contribution < -0.4 is 5.32 Å². The molecule has 0 saturated carbocycles. The molecule has 1 aliphatic heterocycles. The van der Waals surface area contributed by atoms with Crippen molar-refractivity contribution in [3.63, 3.8) is 0 Å². The van der Waals surface area contributed by atoms with Crippen LogP contribution in [0.4, 0.5) is 0 Å². The van der Waals surface area contributed by atoms with E-state index in [4.69, 9.17) is 11.6 Å². The number of hydrogen-bond acceptors (Lipinski definition) is 3. The lowest BCUT2D eigenvalue weighted by Gasteiger charge is -2.35. The van der Waals surface area contributed by atoms with Gasteiger partial charge in [-0.3, -0.25) is 4.79 Å². The highest BCUT2D eigenvalue weighted by atomic mass is 35.5. The largest absolute Gasteiger partial charge is 0.334 e. The summed E-state index contributed by atoms with van der Waals surface area (Å²) in [6.45, 7) is 5.58. The molecule has 0 aliphatic carbocycles. The van der Waals surface area contributed by atoms with Crippen LogP contribution >= 0.6 is 11.6 Å². The number of nitrogens with zero attached hydrogens (tertiary/aromatic N) is 2. The van der Waals surface area contributed by atoms with Gasteiger partial charge in [-0.05, 0) is 26.0 Å². The Balaban J connectivity index is 2.11. The van der Waals surface area contributed by atoms with Crippen LogP contribution in [0.2, 0.25) is 5.02 Å². The van der Waals surface area contributed by atoms with Gasteiger partial charge in [0, 0.05) is 31.4 Å². The molecule has 1 aliphatic rings. The molecule has 2 rings (SSSR count). The number of piperazine rings is 1. The fourth-order valence-electron chi connectivity index (χ4n) is 2.16. The minimum atomic E-state index is -0.0260. The number of rotatable bonds is 1. The highest BCUT2D eigenvalue weighted by molar-refractivity contribution is 6.30. The average molecular weight is 254 g/mol. The first-order valence-corrected chi connectivity index (χ1v) is 6.11. The lowest BCUT2D eigenvalue weighted by Crippen LogP contribution is -2.55. The summed E-state index contributed by atoms with van der Waals surface area (Å²) < 4.78 is 0. The predicted molar refractivity (Wildman–Crippen MR) is 67.2 cm³/mol. The molecule has 0 spiro atoms. The van der Waals surface area contributed by atoms with E-state index in [1.165, 1.54) is 6.20 Å². The topological polar surface area (TPSA) is 45.2 Å². The highest BCUT2D eigenvalue weighted by Gasteiger charge is 2.25. The monoisotopic (exact) mass is 253 g/mol. The molecule has 1 fully saturated rings. The maximum Gasteiger partial charge on any atom is 0.272 e. The van der Waals surface area contributed by atoms with Crippen LogP contribution in [0, 0.1) is 0 Å². The van der Waals surface area contributed by atoms with Gasteiger partial charge in [0.1, 0.15) is 5.69 Å². The number of pyridine rings is 1. The number of halogens is 1. The van der Waals surface area contributed by atoms with E-state index in [9.17, 15) is 4.79 Å². The molecular formula is C12H16ClN3O. The number of carbonyl (C=O) groups is 1. The quantitative estimate of drug-likeness (QED) is 0.826. The van der Waals surface area contributed by atoms with Gasteiger partial charge in [-0.1, -0.05) is 11.6 Å². The second-order valence-corrected chi connectivity index (χ2v) is 4.98. The summed E-state index contributed by atoms with van der Waals surface area (Å²) in [6, 6.07) is 3.99. The first-order valence-electron chi connectivity index (χ1n) is 5.73. The third-order valence-electron chi connectivity index (χ3n) is 2.79. The van der Waals surface area contributed by atoms with Crippen LogP contribution in [0.5, 0.6) is 0 Å². The summed E-state index contributed by atoms with van der Waals surface area (Å²) in [5.74, 6) is -0.0260. The molecule has 1 saturated heterocycles. The molecule has 1 aromatic heterocycles. The van der Waals surface area contributed by atoms with Crippen LogP contribution in [0.15, 0.2) is 18.3 Å². The van der Waals surface area contributed by atoms with Crippen molar-refractivity contribution < 1.29 is 4.79 Å². The highest BCUT2D eigenvalue weighted by Crippen LogP contribution is 2.11. The van der Waals surface area contributed by atoms with Gasteiger partial charge in [-0.25, -0.2) is 4.98 Å². The molecule has 17 heavy (non-hydrogen) atoms. The van der Waals surface area contributed by atoms with Crippen molar-refractivity contribution in [2.75, 3.05) is 13.1 Å². The van der Waals surface area contributed by atoms with Crippen molar-refractivity contribution in [2.24, 2.45) is 0 Å². The van der Waals surface area contributed by atoms with Crippen molar-refractivity contribution in [2.45, 2.75) is 25.9 Å². The molecule has 92 valence electrons. The Morgan fingerprint density at radius 3 is 2.59 bits per heavy atom. The van der Waals surface area contributed by atoms with E-state index in [0.29, 0.717) is 35.9 Å². The molecular weight excluding hydrogens is 238 g/mol. The van der Waals surface area contributed by atoms with Crippen LogP contribution in [0.1, 0.15) is 24.3 Å². The molecule has 1 aromatic rings. The number of carbonyl (C=O) groups excluding carboxylic acids is 1. The Morgan fingerprint density at radius 1 is 1.41 bits per heavy atom. The Hall–Kier alpha value is -1.13. The first-order chi connectivity index (χ1) is 8.06. The SMILES string of the molecule is C[C@@H]1CN(C(=O)c2ccc(Cl)cn2)C[C@H](C)N1. The van der Waals surface area contributed by atoms with Crippen molar-refractivity contribution in [3.8, 4) is 0 Å². The Bertz CT molecular complexity index is 397. The van der Waals surface area contributed by atoms with E-state index in [-0.39, 0.29) is 5.91 Å². The molecule has 1 amide bonds. The third kappa shape index (κ3) is 2.96. The van der Waals surface area contributed by atoms with E-state index in [2.05, 4.69) is 24.1 Å². The lowest BCUT2D eigenvalue weighted by atomic mass is 10.1. The van der Waals surface area contributed by atoms with Gasteiger partial charge >= 0.3 is 0 Å². The Labute approximate surface area is 106 Å². The van der Waals surface area contributed by atoms with E-state index in [0.717, 1.165) is 0 Å². The summed E-state index contributed by atoms with van der Waals surface area (Å²) >= 11 is 5.75. The molecule has 0 aromatic carbocycles. The zero-order valence-electron chi connectivity index (χ0n) is 9.98. The molecule has 2 atom stereocenters. The molecule has 0 radical (unpaired) electrons. The normalized spacial score (nSPS) is 24.8. The van der Waals surface area contributed by atoms with E-state index >= 15 is 0 Å². The van der Waals surface area contributed by atoms with Gasteiger partial charge in [0.2, 0.25) is 0 Å². The van der Waals surface area contributed by atoms with Gasteiger partial charge in [0.05, 0.1) is 5.02 Å². The molecule has 0 bridgehead atoms. The fourth-order valence-corrected chi connectivity index (χ4v) is 2.27. The maximum absolute atomic E-state index is 12.2. The predicted octanol–water partition coefficient (Wildman–Crippen LogP) is 1.56. The van der Waals surface area contributed by atoms with E-state index < -0.39 is 0 Å². The standard InChI is InChI=1S/C12H16ClN3O/c1-8-6-16(7-9(2)15-8)12(17)11-4-3-10(13)5-14-11/h3-5,8-9,15H,6-7H2,1-2H3/t8-,9+. The maximum atomic E-state index is 12.2. The molecule has 0 unspecified atom stereocenters. The molecule has 5 heteroatoms. The number of amides is 1. The number of aromatic nitrogens is 1. The van der Waals surface area contributed by atoms with Gasteiger partial charge in [0.25, 0.3) is 5.91 Å². The second-order valence-electron chi connectivity index (χ2n) is 4.54. The van der Waals surface area contributed by atoms with Crippen molar-refractivity contribution in [1.82, 2.24) is 15.2 Å². The Morgan fingerprint density at radius 2 is 2.06 bits per heavy atom. The first kappa shape index (κ1) is 12.3. The van der Waals surface area contributed by atoms with Gasteiger partial charge in [-0.2, -0.15) is 0 Å². The number of nitrogens with one attached hydrogen (secondary N) is 1. The van der Waals surface area contributed by atoms with Crippen LogP contribution in [-0.4, -0.2) is 41.0 Å². The average Bonchev–Trinajstić information content (AvgIpc) is 2.28. The second kappa shape index (κ2) is 5.02. The summed E-state index contributed by atoms with van der Waals surface area (Å²) in [6.07, 6.45) is 1.50. The molecule has 1 N–H and O–H groups in total. The van der Waals surface area contributed by atoms with Gasteiger partial charge in [0.15, 0.2) is 0 Å². The minimum Gasteiger partial charge on any atom is -0.334 e. The Kier molecular flexibility index (Phi) is 3.64. The zero-order valence-corrected chi connectivity index (χ0v) is 10.7. The lowest BCUT2D eigenvalue weighted by molar-refractivity contribution is 0.0668. The fraction of sp³-hybridized carbons (Fsp3) is 0.500. The van der Waals surface area contributed by atoms with Crippen molar-refractivity contribution >= 4 is 17.5 Å². The summed E-state index contributed by atoms with van der Waals surface area (Å²) in [5, 5.41) is 3.93. The van der Waals surface area contributed by atoms with Gasteiger partial charge < -0.3 is 10.2 Å². The van der Waals surface area contributed by atoms with E-state index in [1.807, 2.05) is 4.90 Å². The smallest absolute Gasteiger partial charge is 0.272 e.